The van der Waals surface area contributed by atoms with Crippen LogP contribution in [0.3, 0.4) is 0 Å². The topological polar surface area (TPSA) is 33.1 Å². The van der Waals surface area contributed by atoms with E-state index in [9.17, 15) is 0 Å². The maximum absolute atomic E-state index is 4.69. The fraction of sp³-hybridized carbons (Fsp3) is 0.500. The van der Waals surface area contributed by atoms with Crippen molar-refractivity contribution >= 4 is 0 Å². The largest absolute Gasteiger partial charge is 0.316 e. The summed E-state index contributed by atoms with van der Waals surface area (Å²) in [5, 5.41) is 8.23. The van der Waals surface area contributed by atoms with Gasteiger partial charge in [-0.15, -0.1) is 0 Å². The summed E-state index contributed by atoms with van der Waals surface area (Å²) in [7, 11) is 2.02. The summed E-state index contributed by atoms with van der Waals surface area (Å²) in [5.74, 6) is 0. The zero-order valence-electron chi connectivity index (χ0n) is 13.3. The van der Waals surface area contributed by atoms with Crippen molar-refractivity contribution in [2.24, 2.45) is 12.5 Å². The molecule has 3 heterocycles. The van der Waals surface area contributed by atoms with Crippen LogP contribution in [0.15, 0.2) is 36.5 Å². The lowest BCUT2D eigenvalue weighted by molar-refractivity contribution is 0.269. The molecule has 0 aliphatic carbocycles. The van der Waals surface area contributed by atoms with Gasteiger partial charge in [-0.1, -0.05) is 30.3 Å². The molecule has 4 heteroatoms. The molecule has 2 aliphatic rings. The molecule has 0 saturated carbocycles. The molecule has 1 unspecified atom stereocenters. The van der Waals surface area contributed by atoms with Gasteiger partial charge in [0.05, 0.1) is 5.69 Å². The number of hydrogen-bond donors (Lipinski definition) is 1. The first-order valence-electron chi connectivity index (χ1n) is 8.25. The molecule has 4 nitrogen and oxygen atoms in total. The van der Waals surface area contributed by atoms with Crippen molar-refractivity contribution in [2.45, 2.75) is 19.4 Å². The van der Waals surface area contributed by atoms with Crippen molar-refractivity contribution < 1.29 is 0 Å². The van der Waals surface area contributed by atoms with Gasteiger partial charge in [0.2, 0.25) is 0 Å². The monoisotopic (exact) mass is 296 g/mol. The molecule has 2 saturated heterocycles. The molecule has 1 aromatic carbocycles. The smallest absolute Gasteiger partial charge is 0.0968 e. The van der Waals surface area contributed by atoms with Crippen LogP contribution in [0, 0.1) is 5.41 Å². The molecule has 2 fully saturated rings. The van der Waals surface area contributed by atoms with Crippen molar-refractivity contribution in [3.05, 3.63) is 42.1 Å². The van der Waals surface area contributed by atoms with E-state index in [0.29, 0.717) is 5.41 Å². The molecule has 22 heavy (non-hydrogen) atoms. The predicted molar refractivity (Wildman–Crippen MR) is 88.5 cm³/mol. The Balaban J connectivity index is 1.54. The molecule has 0 radical (unpaired) electrons. The summed E-state index contributed by atoms with van der Waals surface area (Å²) in [4.78, 5) is 2.61. The van der Waals surface area contributed by atoms with Crippen molar-refractivity contribution in [1.82, 2.24) is 20.0 Å². The Morgan fingerprint density at radius 1 is 1.23 bits per heavy atom. The van der Waals surface area contributed by atoms with E-state index in [4.69, 9.17) is 0 Å². The van der Waals surface area contributed by atoms with E-state index >= 15 is 0 Å². The second kappa shape index (κ2) is 5.52. The summed E-state index contributed by atoms with van der Waals surface area (Å²) in [6.07, 6.45) is 4.85. The van der Waals surface area contributed by atoms with E-state index in [1.165, 1.54) is 50.1 Å². The summed E-state index contributed by atoms with van der Waals surface area (Å²) in [5.41, 5.74) is 4.23. The van der Waals surface area contributed by atoms with Gasteiger partial charge in [0, 0.05) is 44.0 Å². The predicted octanol–water partition coefficient (Wildman–Crippen LogP) is 2.27. The quantitative estimate of drug-likeness (QED) is 0.943. The Hall–Kier alpha value is -1.65. The number of aromatic nitrogens is 2. The van der Waals surface area contributed by atoms with Gasteiger partial charge >= 0.3 is 0 Å². The highest BCUT2D eigenvalue weighted by Crippen LogP contribution is 2.37. The van der Waals surface area contributed by atoms with Crippen LogP contribution < -0.4 is 5.32 Å². The van der Waals surface area contributed by atoms with Crippen LogP contribution in [-0.4, -0.2) is 40.9 Å². The van der Waals surface area contributed by atoms with Gasteiger partial charge in [0.25, 0.3) is 0 Å². The lowest BCUT2D eigenvalue weighted by Gasteiger charge is -2.22. The zero-order chi connectivity index (χ0) is 15.0. The Kier molecular flexibility index (Phi) is 3.51. The Morgan fingerprint density at radius 3 is 2.86 bits per heavy atom. The van der Waals surface area contributed by atoms with E-state index in [2.05, 4.69) is 51.8 Å². The van der Waals surface area contributed by atoms with E-state index < -0.39 is 0 Å². The zero-order valence-corrected chi connectivity index (χ0v) is 13.3. The number of nitrogens with one attached hydrogen (secondary N) is 1. The number of aryl methyl sites for hydroxylation is 1. The van der Waals surface area contributed by atoms with Crippen LogP contribution in [0.4, 0.5) is 0 Å². The third-order valence-corrected chi connectivity index (χ3v) is 5.20. The van der Waals surface area contributed by atoms with Gasteiger partial charge in [0.15, 0.2) is 0 Å². The Bertz CT molecular complexity index is 640. The first kappa shape index (κ1) is 14.0. The fourth-order valence-corrected chi connectivity index (χ4v) is 4.04. The minimum absolute atomic E-state index is 0.537. The number of likely N-dealkylation sites (tertiary alicyclic amines) is 1. The summed E-state index contributed by atoms with van der Waals surface area (Å²) in [6, 6.07) is 10.5. The maximum Gasteiger partial charge on any atom is 0.0968 e. The molecule has 0 bridgehead atoms. The first-order chi connectivity index (χ1) is 10.7. The van der Waals surface area contributed by atoms with Gasteiger partial charge in [-0.2, -0.15) is 5.10 Å². The van der Waals surface area contributed by atoms with Crippen molar-refractivity contribution in [1.29, 1.82) is 0 Å². The third kappa shape index (κ3) is 2.57. The van der Waals surface area contributed by atoms with Gasteiger partial charge in [0.1, 0.15) is 0 Å². The SMILES string of the molecule is Cn1cc(CN2CCC3(CCNC3)C2)c(-c2ccccc2)n1. The Morgan fingerprint density at radius 2 is 2.09 bits per heavy atom. The van der Waals surface area contributed by atoms with E-state index in [0.717, 1.165) is 12.2 Å². The molecule has 4 rings (SSSR count). The van der Waals surface area contributed by atoms with Crippen LogP contribution in [0.1, 0.15) is 18.4 Å². The van der Waals surface area contributed by atoms with Gasteiger partial charge < -0.3 is 5.32 Å². The normalized spacial score (nSPS) is 25.3. The van der Waals surface area contributed by atoms with Crippen LogP contribution in [-0.2, 0) is 13.6 Å². The van der Waals surface area contributed by atoms with Crippen molar-refractivity contribution in [2.75, 3.05) is 26.2 Å². The van der Waals surface area contributed by atoms with Crippen LogP contribution in [0.5, 0.6) is 0 Å². The molecule has 1 aromatic heterocycles. The average Bonchev–Trinajstić information content (AvgIpc) is 3.24. The van der Waals surface area contributed by atoms with Gasteiger partial charge in [-0.25, -0.2) is 0 Å². The molecule has 0 amide bonds. The number of nitrogens with zero attached hydrogens (tertiary/aromatic N) is 3. The lowest BCUT2D eigenvalue weighted by atomic mass is 9.86. The summed E-state index contributed by atoms with van der Waals surface area (Å²) in [6.45, 7) is 5.84. The minimum atomic E-state index is 0.537. The standard InChI is InChI=1S/C18H24N4/c1-21-11-16(17(20-21)15-5-3-2-4-6-15)12-22-10-8-18(14-22)7-9-19-13-18/h2-6,11,19H,7-10,12-14H2,1H3. The molecule has 116 valence electrons. The average molecular weight is 296 g/mol. The highest BCUT2D eigenvalue weighted by molar-refractivity contribution is 5.62. The molecule has 1 atom stereocenters. The number of hydrogen-bond acceptors (Lipinski definition) is 3. The van der Waals surface area contributed by atoms with E-state index in [-0.39, 0.29) is 0 Å². The summed E-state index contributed by atoms with van der Waals surface area (Å²) >= 11 is 0. The van der Waals surface area contributed by atoms with Crippen molar-refractivity contribution in [3.8, 4) is 11.3 Å². The van der Waals surface area contributed by atoms with Crippen LogP contribution in [0.25, 0.3) is 11.3 Å². The number of rotatable bonds is 3. The van der Waals surface area contributed by atoms with Crippen molar-refractivity contribution in [3.63, 3.8) is 0 Å². The van der Waals surface area contributed by atoms with Crippen LogP contribution >= 0.6 is 0 Å². The molecule has 2 aromatic rings. The van der Waals surface area contributed by atoms with E-state index in [1.807, 2.05) is 11.7 Å². The maximum atomic E-state index is 4.69. The van der Waals surface area contributed by atoms with E-state index in [1.54, 1.807) is 0 Å². The summed E-state index contributed by atoms with van der Waals surface area (Å²) < 4.78 is 1.95. The third-order valence-electron chi connectivity index (χ3n) is 5.20. The van der Waals surface area contributed by atoms with Crippen LogP contribution in [0.2, 0.25) is 0 Å². The number of benzene rings is 1. The lowest BCUT2D eigenvalue weighted by Crippen LogP contribution is -2.29. The second-order valence-corrected chi connectivity index (χ2v) is 6.93. The minimum Gasteiger partial charge on any atom is -0.316 e. The highest BCUT2D eigenvalue weighted by atomic mass is 15.3. The molecule has 2 aliphatic heterocycles. The molecule has 1 N–H and O–H groups in total. The van der Waals surface area contributed by atoms with Gasteiger partial charge in [-0.05, 0) is 31.3 Å². The van der Waals surface area contributed by atoms with Gasteiger partial charge in [-0.3, -0.25) is 9.58 Å². The molecular formula is C18H24N4. The first-order valence-corrected chi connectivity index (χ1v) is 8.25. The molecule has 1 spiro atoms. The Labute approximate surface area is 132 Å². The highest BCUT2D eigenvalue weighted by Gasteiger charge is 2.40. The molecular weight excluding hydrogens is 272 g/mol. The fourth-order valence-electron chi connectivity index (χ4n) is 4.04. The second-order valence-electron chi connectivity index (χ2n) is 6.93.